The fourth-order valence-electron chi connectivity index (χ4n) is 8.12. The van der Waals surface area contributed by atoms with Crippen LogP contribution in [-0.2, 0) is 31.9 Å². The first-order valence-electron chi connectivity index (χ1n) is 21.6. The zero-order valence-electron chi connectivity index (χ0n) is 38.0. The molecule has 8 rings (SSSR count). The van der Waals surface area contributed by atoms with Crippen molar-refractivity contribution in [2.75, 3.05) is 0 Å². The molecule has 312 valence electrons. The van der Waals surface area contributed by atoms with E-state index in [0.717, 1.165) is 90.0 Å². The number of phenols is 1. The number of benzene rings is 6. The van der Waals surface area contributed by atoms with Gasteiger partial charge in [0.15, 0.2) is 0 Å². The van der Waals surface area contributed by atoms with Gasteiger partial charge in [0, 0.05) is 39.9 Å². The number of rotatable bonds is 9. The summed E-state index contributed by atoms with van der Waals surface area (Å²) >= 11 is 0. The zero-order valence-corrected chi connectivity index (χ0v) is 39.3. The van der Waals surface area contributed by atoms with Crippen molar-refractivity contribution in [2.24, 2.45) is 0 Å². The summed E-state index contributed by atoms with van der Waals surface area (Å²) in [6, 6.07) is 48.6. The van der Waals surface area contributed by atoms with Crippen LogP contribution in [0.25, 0.3) is 72.7 Å². The first-order chi connectivity index (χ1) is 28.9. The largest absolute Gasteiger partial charge is 0.507 e. The van der Waals surface area contributed by atoms with Crippen LogP contribution in [0.1, 0.15) is 96.9 Å². The first kappa shape index (κ1) is 42.1. The average Bonchev–Trinajstić information content (AvgIpc) is 3.64. The molecule has 0 radical (unpaired) electrons. The molecular weight excluding hydrogens is 926 g/mol. The van der Waals surface area contributed by atoms with E-state index in [1.165, 1.54) is 5.56 Å². The van der Waals surface area contributed by atoms with Gasteiger partial charge in [-0.15, -0.1) is 29.3 Å². The SMILES string of the molecule is [2H]C(C)(C)c1ccc(-c2ccnc(-c3[c-]c(-c4cccc5c4nc(-c4cc(C)cc(C)c4O)n5-c4ccc(C(C)(C)CC)cc4-c4ccccc4)cc(C(C)(C)C)c3)c2)cc1.[Pt]. The van der Waals surface area contributed by atoms with Crippen LogP contribution in [-0.4, -0.2) is 19.6 Å². The molecule has 5 heteroatoms. The maximum absolute atomic E-state index is 11.8. The zero-order chi connectivity index (χ0) is 43.4. The summed E-state index contributed by atoms with van der Waals surface area (Å²) in [5.41, 5.74) is 16.4. The fourth-order valence-corrected chi connectivity index (χ4v) is 8.12. The summed E-state index contributed by atoms with van der Waals surface area (Å²) in [5.74, 6) is 0.231. The molecule has 2 aromatic heterocycles. The molecule has 2 heterocycles. The topological polar surface area (TPSA) is 50.9 Å². The Hall–Kier alpha value is -5.57. The number of pyridine rings is 1. The molecule has 0 atom stereocenters. The minimum absolute atomic E-state index is 0. The van der Waals surface area contributed by atoms with Crippen LogP contribution in [0, 0.1) is 19.9 Å². The second kappa shape index (κ2) is 17.1. The molecular formula is C56H56N3OPt-. The third kappa shape index (κ3) is 8.53. The predicted octanol–water partition coefficient (Wildman–Crippen LogP) is 15.0. The van der Waals surface area contributed by atoms with E-state index in [0.29, 0.717) is 11.4 Å². The molecule has 0 saturated heterocycles. The Labute approximate surface area is 378 Å². The molecule has 61 heavy (non-hydrogen) atoms. The number of imidazole rings is 1. The van der Waals surface area contributed by atoms with Crippen molar-refractivity contribution in [3.05, 3.63) is 167 Å². The van der Waals surface area contributed by atoms with E-state index >= 15 is 0 Å². The van der Waals surface area contributed by atoms with Gasteiger partial charge in [0.1, 0.15) is 11.6 Å². The van der Waals surface area contributed by atoms with E-state index in [1.807, 2.05) is 57.3 Å². The van der Waals surface area contributed by atoms with E-state index < -0.39 is 5.89 Å². The van der Waals surface area contributed by atoms with Gasteiger partial charge < -0.3 is 5.11 Å². The Balaban J connectivity index is 0.00000578. The van der Waals surface area contributed by atoms with Gasteiger partial charge in [-0.25, -0.2) is 4.98 Å². The molecule has 8 aromatic rings. The number of hydrogen-bond acceptors (Lipinski definition) is 3. The Kier molecular flexibility index (Phi) is 11.8. The van der Waals surface area contributed by atoms with Crippen LogP contribution in [0.3, 0.4) is 0 Å². The molecule has 0 aliphatic carbocycles. The van der Waals surface area contributed by atoms with Crippen molar-refractivity contribution in [1.82, 2.24) is 14.5 Å². The molecule has 4 nitrogen and oxygen atoms in total. The Morgan fingerprint density at radius 3 is 2.11 bits per heavy atom. The number of phenolic OH excluding ortho intramolecular Hbond substituents is 1. The second-order valence-corrected chi connectivity index (χ2v) is 18.2. The number of aromatic hydroxyl groups is 1. The van der Waals surface area contributed by atoms with Gasteiger partial charge in [0.05, 0.1) is 22.3 Å². The summed E-state index contributed by atoms with van der Waals surface area (Å²) in [6.45, 7) is 21.4. The molecule has 0 bridgehead atoms. The fraction of sp³-hybridized carbons (Fsp3) is 0.250. The van der Waals surface area contributed by atoms with E-state index in [-0.39, 0.29) is 37.6 Å². The Bertz CT molecular complexity index is 2920. The third-order valence-corrected chi connectivity index (χ3v) is 12.2. The molecule has 6 aromatic carbocycles. The van der Waals surface area contributed by atoms with Crippen molar-refractivity contribution < 1.29 is 27.5 Å². The first-order valence-corrected chi connectivity index (χ1v) is 21.1. The summed E-state index contributed by atoms with van der Waals surface area (Å²) in [5, 5.41) is 11.8. The van der Waals surface area contributed by atoms with Crippen LogP contribution in [0.4, 0.5) is 0 Å². The predicted molar refractivity (Wildman–Crippen MR) is 252 cm³/mol. The molecule has 0 fully saturated rings. The number of nitrogens with zero attached hydrogens (tertiary/aromatic N) is 3. The van der Waals surface area contributed by atoms with Crippen molar-refractivity contribution in [1.29, 1.82) is 0 Å². The minimum atomic E-state index is -0.667. The maximum Gasteiger partial charge on any atom is 0.148 e. The number of para-hydroxylation sites is 1. The van der Waals surface area contributed by atoms with Crippen molar-refractivity contribution in [3.63, 3.8) is 0 Å². The molecule has 0 spiro atoms. The molecule has 0 unspecified atom stereocenters. The number of aromatic nitrogens is 3. The third-order valence-electron chi connectivity index (χ3n) is 12.2. The van der Waals surface area contributed by atoms with E-state index in [4.69, 9.17) is 11.3 Å². The quantitative estimate of drug-likeness (QED) is 0.147. The molecule has 0 saturated carbocycles. The monoisotopic (exact) mass is 982 g/mol. The van der Waals surface area contributed by atoms with E-state index in [9.17, 15) is 5.11 Å². The van der Waals surface area contributed by atoms with Crippen LogP contribution in [0.2, 0.25) is 0 Å². The molecule has 1 N–H and O–H groups in total. The van der Waals surface area contributed by atoms with Crippen LogP contribution < -0.4 is 0 Å². The number of hydrogen-bond donors (Lipinski definition) is 1. The molecule has 0 aliphatic heterocycles. The number of fused-ring (bicyclic) bond motifs is 1. The number of aryl methyl sites for hydroxylation is 2. The van der Waals surface area contributed by atoms with E-state index in [2.05, 4.69) is 156 Å². The van der Waals surface area contributed by atoms with Gasteiger partial charge in [-0.05, 0) is 106 Å². The van der Waals surface area contributed by atoms with Gasteiger partial charge in [-0.2, -0.15) is 0 Å². The summed E-state index contributed by atoms with van der Waals surface area (Å²) in [4.78, 5) is 10.4. The Morgan fingerprint density at radius 1 is 0.705 bits per heavy atom. The van der Waals surface area contributed by atoms with Crippen molar-refractivity contribution >= 4 is 11.0 Å². The minimum Gasteiger partial charge on any atom is -0.507 e. The second-order valence-electron chi connectivity index (χ2n) is 18.2. The Morgan fingerprint density at radius 2 is 1.43 bits per heavy atom. The van der Waals surface area contributed by atoms with Crippen LogP contribution >= 0.6 is 0 Å². The maximum atomic E-state index is 11.8. The van der Waals surface area contributed by atoms with Gasteiger partial charge >= 0.3 is 0 Å². The van der Waals surface area contributed by atoms with Gasteiger partial charge in [0.25, 0.3) is 0 Å². The van der Waals surface area contributed by atoms with Gasteiger partial charge in [-0.3, -0.25) is 9.55 Å². The van der Waals surface area contributed by atoms with Crippen LogP contribution in [0.5, 0.6) is 5.75 Å². The van der Waals surface area contributed by atoms with Crippen molar-refractivity contribution in [3.8, 4) is 67.5 Å². The van der Waals surface area contributed by atoms with Gasteiger partial charge in [0.2, 0.25) is 0 Å². The van der Waals surface area contributed by atoms with Gasteiger partial charge in [-0.1, -0.05) is 151 Å². The molecule has 0 amide bonds. The summed E-state index contributed by atoms with van der Waals surface area (Å²) in [7, 11) is 0. The summed E-state index contributed by atoms with van der Waals surface area (Å²) in [6.07, 6.45) is 2.87. The summed E-state index contributed by atoms with van der Waals surface area (Å²) < 4.78 is 10.7. The van der Waals surface area contributed by atoms with Crippen LogP contribution in [0.15, 0.2) is 134 Å². The standard InChI is InChI=1S/C56H56N3O.Pt/c1-11-56(9,10)44-24-25-50(47(34-44)40-16-13-12-14-17-40)59-51-19-15-18-46(52(51)58-54(59)48-29-36(4)28-37(5)53(48)60)42-30-43(32-45(31-42)55(6,7)8)49-33-41(26-27-57-49)39-22-20-38(21-23-39)35(2)3;/h12-29,31-35,60H,11H2,1-10H3;/q-1;/i35D;. The smallest absolute Gasteiger partial charge is 0.148 e. The van der Waals surface area contributed by atoms with E-state index in [1.54, 1.807) is 0 Å². The average molecular weight is 983 g/mol. The normalized spacial score (nSPS) is 12.3. The van der Waals surface area contributed by atoms with Crippen molar-refractivity contribution in [2.45, 2.75) is 92.4 Å². The molecule has 0 aliphatic rings.